The fraction of sp³-hybridized carbons (Fsp3) is 0. The number of carboxylic acids is 6. The van der Waals surface area contributed by atoms with Gasteiger partial charge in [0.05, 0.1) is 57.9 Å². The van der Waals surface area contributed by atoms with Gasteiger partial charge in [0.15, 0.2) is 0 Å². The number of pyridine rings is 4. The predicted octanol–water partition coefficient (Wildman–Crippen LogP) is 7.94. The second-order valence-electron chi connectivity index (χ2n) is 17.2. The van der Waals surface area contributed by atoms with Crippen LogP contribution in [0.15, 0.2) is 243 Å². The van der Waals surface area contributed by atoms with Crippen LogP contribution < -0.4 is 30.6 Å². The number of halogens is 6. The van der Waals surface area contributed by atoms with Crippen molar-refractivity contribution < 1.29 is 142 Å². The molecule has 92 heavy (non-hydrogen) atoms. The summed E-state index contributed by atoms with van der Waals surface area (Å²) in [5.41, 5.74) is 4.77. The van der Waals surface area contributed by atoms with Crippen LogP contribution in [0.4, 0.5) is 0 Å². The van der Waals surface area contributed by atoms with E-state index in [1.54, 1.807) is 24.8 Å². The second-order valence-corrected chi connectivity index (χ2v) is 19.8. The van der Waals surface area contributed by atoms with Crippen LogP contribution in [0.5, 0.6) is 0 Å². The molecule has 0 radical (unpaired) electrons. The fourth-order valence-corrected chi connectivity index (χ4v) is 7.63. The number of aromatic nitrogens is 4. The van der Waals surface area contributed by atoms with Crippen LogP contribution in [0, 0.1) is 71.2 Å². The van der Waals surface area contributed by atoms with E-state index in [1.807, 2.05) is 24.3 Å². The van der Waals surface area contributed by atoms with Crippen LogP contribution in [-0.4, -0.2) is 55.8 Å². The van der Waals surface area contributed by atoms with Crippen LogP contribution >= 0.6 is 69.6 Å². The van der Waals surface area contributed by atoms with Gasteiger partial charge in [0.1, 0.15) is 0 Å². The molecule has 0 aliphatic carbocycles. The predicted molar refractivity (Wildman–Crippen MR) is 339 cm³/mol. The molecule has 0 spiro atoms. The van der Waals surface area contributed by atoms with Crippen LogP contribution in [-0.2, 0) is 11.0 Å². The summed E-state index contributed by atoms with van der Waals surface area (Å²) in [4.78, 5) is 78.3. The molecule has 0 aliphatic heterocycles. The van der Waals surface area contributed by atoms with Crippen molar-refractivity contribution in [3.63, 3.8) is 0 Å². The van der Waals surface area contributed by atoms with E-state index < -0.39 is 35.8 Å². The smallest absolute Gasteiger partial charge is 0.545 e. The van der Waals surface area contributed by atoms with Crippen molar-refractivity contribution in [3.05, 3.63) is 307 Å². The standard InChI is InChI=1S/2C12H8N2.6C7H5ClO2.2La.2H2O/c2*1-3-9-5-6-10-4-2-8-14-12(10)11(9)13-7-1;6*8-6-3-1-5(2-4-6)7(9)10;;;;/h2*1-8H;6*1-4H,(H,9,10);;;2*1H2/q;;;;;;;;2*+3;;/p-4. The number of benzene rings is 8. The Hall–Kier alpha value is -7.73. The van der Waals surface area contributed by atoms with E-state index in [0.717, 1.165) is 43.6 Å². The van der Waals surface area contributed by atoms with E-state index in [4.69, 9.17) is 69.6 Å². The first-order chi connectivity index (χ1) is 42.1. The van der Waals surface area contributed by atoms with Gasteiger partial charge in [0.25, 0.3) is 0 Å². The first kappa shape index (κ1) is 82.3. The number of rotatable bonds is 6. The molecule has 12 rings (SSSR count). The molecule has 26 heteroatoms. The minimum absolute atomic E-state index is 0. The molecule has 0 aliphatic rings. The van der Waals surface area contributed by atoms with E-state index in [2.05, 4.69) is 68.5 Å². The summed E-state index contributed by atoms with van der Waals surface area (Å²) in [5, 5.41) is 68.6. The summed E-state index contributed by atoms with van der Waals surface area (Å²) in [5.74, 6) is -7.10. The number of hydrogen-bond donors (Lipinski definition) is 0. The van der Waals surface area contributed by atoms with Crippen LogP contribution in [0.1, 0.15) is 62.1 Å². The molecule has 6 N–H and O–H groups in total. The fourth-order valence-electron chi connectivity index (χ4n) is 6.88. The number of carbonyl (C=O) groups is 6. The van der Waals surface area contributed by atoms with Crippen molar-refractivity contribution in [1.29, 1.82) is 0 Å². The van der Waals surface area contributed by atoms with E-state index in [-0.39, 0.29) is 116 Å². The zero-order valence-corrected chi connectivity index (χ0v) is 59.1. The quantitative estimate of drug-likeness (QED) is 0.113. The van der Waals surface area contributed by atoms with Crippen molar-refractivity contribution in [2.45, 2.75) is 0 Å². The second kappa shape index (κ2) is 43.2. The summed E-state index contributed by atoms with van der Waals surface area (Å²) in [6.45, 7) is 0. The maximum absolute atomic E-state index is 10.2. The Labute approximate surface area is 610 Å². The van der Waals surface area contributed by atoms with Gasteiger partial charge in [-0.15, -0.1) is 0 Å². The maximum atomic E-state index is 10.2. The van der Waals surface area contributed by atoms with Crippen LogP contribution in [0.25, 0.3) is 43.6 Å². The van der Waals surface area contributed by atoms with Crippen LogP contribution in [0.3, 0.4) is 0 Å². The van der Waals surface area contributed by atoms with E-state index in [0.29, 0.717) is 30.1 Å². The van der Waals surface area contributed by atoms with Gasteiger partial charge in [0, 0.05) is 76.5 Å². The van der Waals surface area contributed by atoms with Gasteiger partial charge in [0.2, 0.25) is 0 Å². The molecule has 0 atom stereocenters. The third-order valence-electron chi connectivity index (χ3n) is 11.2. The number of hydrogen-bond acceptors (Lipinski definition) is 16. The van der Waals surface area contributed by atoms with Gasteiger partial charge in [-0.25, -0.2) is 0 Å². The van der Waals surface area contributed by atoms with E-state index >= 15 is 0 Å². The topological polar surface area (TPSA) is 358 Å². The molecule has 4 heterocycles. The molecule has 0 saturated heterocycles. The van der Waals surface area contributed by atoms with Gasteiger partial charge >= 0.3 is 71.2 Å². The van der Waals surface area contributed by atoms with Gasteiger partial charge in [-0.2, -0.15) is 0 Å². The molecule has 0 unspecified atom stereocenters. The molecule has 0 bridgehead atoms. The Morgan fingerprint density at radius 3 is 0.478 bits per heavy atom. The average molecular weight is 1610 g/mol. The SMILES string of the molecule is O=C([O-])c1ccc(Cl)cc1.O=C([O-])c1ccc(Cl)cc1.O=C([O-])c1ccc(Cl)cc1.O=C([O-])c1ccc(Cl)cc1.O=C([O-])c1ccc(Cl)cc1.O=C([O-])c1ccc(Cl)cc1.[La+3].[La+3].[OH3+].[OH3+].c1cnc2c(c1)ccc1cccnc12.c1cnc2c(c1)ccc1cccnc12. The summed E-state index contributed by atoms with van der Waals surface area (Å²) in [6, 6.07) is 59.2. The molecule has 0 saturated carbocycles. The largest absolute Gasteiger partial charge is 3.00 e. The minimum Gasteiger partial charge on any atom is -0.545 e. The number of carbonyl (C=O) groups excluding carboxylic acids is 6. The van der Waals surface area contributed by atoms with Crippen molar-refractivity contribution in [2.75, 3.05) is 0 Å². The molecule has 18 nitrogen and oxygen atoms in total. The zero-order valence-electron chi connectivity index (χ0n) is 47.4. The summed E-state index contributed by atoms with van der Waals surface area (Å²) < 4.78 is 0. The Balaban J connectivity index is 0.000000525. The molecule has 0 fully saturated rings. The Morgan fingerprint density at radius 1 is 0.228 bits per heavy atom. The van der Waals surface area contributed by atoms with Crippen molar-refractivity contribution in [2.24, 2.45) is 0 Å². The third kappa shape index (κ3) is 28.4. The summed E-state index contributed by atoms with van der Waals surface area (Å²) in [6.07, 6.45) is 7.21. The Bertz CT molecular complexity index is 3650. The number of fused-ring (bicyclic) bond motifs is 6. The van der Waals surface area contributed by atoms with E-state index in [9.17, 15) is 59.4 Å². The first-order valence-electron chi connectivity index (χ1n) is 25.1. The molecule has 4 aromatic heterocycles. The van der Waals surface area contributed by atoms with Gasteiger partial charge in [-0.3, -0.25) is 19.9 Å². The monoisotopic (exact) mass is 1610 g/mol. The maximum Gasteiger partial charge on any atom is 3.00 e. The minimum atomic E-state index is -1.18. The first-order valence-corrected chi connectivity index (χ1v) is 27.3. The zero-order chi connectivity index (χ0) is 64.1. The number of aromatic carboxylic acids is 6. The van der Waals surface area contributed by atoms with Crippen LogP contribution in [0.2, 0.25) is 30.1 Å². The normalized spacial score (nSPS) is 9.37. The third-order valence-corrected chi connectivity index (χ3v) is 12.7. The van der Waals surface area contributed by atoms with Crippen molar-refractivity contribution in [3.8, 4) is 0 Å². The summed E-state index contributed by atoms with van der Waals surface area (Å²) in [7, 11) is 0. The molecular weight excluding hydrogens is 1560 g/mol. The number of carboxylic acid groups (broad SMARTS) is 6. The van der Waals surface area contributed by atoms with Crippen molar-refractivity contribution >= 4 is 149 Å². The molecule has 12 aromatic rings. The van der Waals surface area contributed by atoms with Gasteiger partial charge in [-0.05, 0) is 130 Å². The van der Waals surface area contributed by atoms with Gasteiger partial charge in [-0.1, -0.05) is 191 Å². The molecular formula is C66H46Cl6La2N4O14+2. The molecule has 460 valence electrons. The van der Waals surface area contributed by atoms with Crippen molar-refractivity contribution in [1.82, 2.24) is 19.9 Å². The average Bonchev–Trinajstić information content (AvgIpc) is 0.845. The van der Waals surface area contributed by atoms with E-state index in [1.165, 1.54) is 146 Å². The Kier molecular flexibility index (Phi) is 38.6. The molecule has 8 aromatic carbocycles. The van der Waals surface area contributed by atoms with Gasteiger partial charge < -0.3 is 70.4 Å². The Morgan fingerprint density at radius 2 is 0.359 bits per heavy atom. The number of nitrogens with zero attached hydrogens (tertiary/aromatic N) is 4. The molecule has 0 amide bonds. The summed E-state index contributed by atoms with van der Waals surface area (Å²) >= 11 is 33.0.